The molecule has 0 bridgehead atoms. The second-order valence-corrected chi connectivity index (χ2v) is 5.54. The molecule has 1 heterocycles. The van der Waals surface area contributed by atoms with Crippen LogP contribution in [0.15, 0.2) is 48.5 Å². The lowest BCUT2D eigenvalue weighted by molar-refractivity contribution is 0.0475. The number of carbonyl (C=O) groups excluding carboxylic acids is 2. The number of ether oxygens (including phenoxy) is 1. The molecule has 0 aliphatic carbocycles. The Bertz CT molecular complexity index is 875. The van der Waals surface area contributed by atoms with Crippen molar-refractivity contribution in [2.75, 3.05) is 6.61 Å². The number of benzene rings is 2. The highest BCUT2D eigenvalue weighted by Gasteiger charge is 2.17. The lowest BCUT2D eigenvalue weighted by atomic mass is 10.1. The molecule has 116 valence electrons. The van der Waals surface area contributed by atoms with Crippen LogP contribution < -0.4 is 0 Å². The van der Waals surface area contributed by atoms with Crippen LogP contribution in [0.3, 0.4) is 0 Å². The summed E-state index contributed by atoms with van der Waals surface area (Å²) in [6.07, 6.45) is 0. The molecule has 0 unspecified atom stereocenters. The van der Waals surface area contributed by atoms with E-state index in [-0.39, 0.29) is 12.4 Å². The van der Waals surface area contributed by atoms with Crippen molar-refractivity contribution < 1.29 is 14.3 Å². The maximum absolute atomic E-state index is 12.4. The zero-order chi connectivity index (χ0) is 16.4. The van der Waals surface area contributed by atoms with E-state index in [1.165, 1.54) is 0 Å². The van der Waals surface area contributed by atoms with E-state index in [0.29, 0.717) is 11.1 Å². The molecule has 4 nitrogen and oxygen atoms in total. The largest absolute Gasteiger partial charge is 0.454 e. The van der Waals surface area contributed by atoms with E-state index in [4.69, 9.17) is 4.74 Å². The average molecular weight is 307 g/mol. The molecule has 0 spiro atoms. The highest BCUT2D eigenvalue weighted by atomic mass is 16.5. The predicted molar refractivity (Wildman–Crippen MR) is 88.8 cm³/mol. The molecule has 0 aliphatic heterocycles. The first-order valence-corrected chi connectivity index (χ1v) is 7.40. The summed E-state index contributed by atoms with van der Waals surface area (Å²) in [7, 11) is 0. The van der Waals surface area contributed by atoms with Gasteiger partial charge in [0.25, 0.3) is 0 Å². The molecule has 2 aromatic carbocycles. The van der Waals surface area contributed by atoms with E-state index in [2.05, 4.69) is 4.98 Å². The minimum Gasteiger partial charge on any atom is -0.454 e. The van der Waals surface area contributed by atoms with Crippen molar-refractivity contribution in [1.82, 2.24) is 4.98 Å². The third-order valence-corrected chi connectivity index (χ3v) is 3.79. The molecular formula is C19H17NO3. The van der Waals surface area contributed by atoms with E-state index in [1.54, 1.807) is 12.1 Å². The molecule has 0 radical (unpaired) electrons. The minimum absolute atomic E-state index is 0.208. The topological polar surface area (TPSA) is 59.2 Å². The summed E-state index contributed by atoms with van der Waals surface area (Å²) in [5, 5.41) is 0.849. The van der Waals surface area contributed by atoms with Gasteiger partial charge in [-0.25, -0.2) is 4.79 Å². The van der Waals surface area contributed by atoms with Gasteiger partial charge in [-0.1, -0.05) is 35.9 Å². The lowest BCUT2D eigenvalue weighted by Crippen LogP contribution is -2.14. The standard InChI is InChI=1S/C19H17NO3/c1-12-7-9-14(10-8-12)19(22)23-11-17(21)18-13(2)20-16-6-4-3-5-15(16)18/h3-10,20H,11H2,1-2H3. The van der Waals surface area contributed by atoms with Crippen LogP contribution in [0.25, 0.3) is 10.9 Å². The number of hydrogen-bond donors (Lipinski definition) is 1. The van der Waals surface area contributed by atoms with Gasteiger partial charge in [-0.2, -0.15) is 0 Å². The molecule has 3 aromatic rings. The van der Waals surface area contributed by atoms with Gasteiger partial charge >= 0.3 is 5.97 Å². The summed E-state index contributed by atoms with van der Waals surface area (Å²) >= 11 is 0. The van der Waals surface area contributed by atoms with Gasteiger partial charge < -0.3 is 9.72 Å². The van der Waals surface area contributed by atoms with Crippen molar-refractivity contribution in [2.24, 2.45) is 0 Å². The smallest absolute Gasteiger partial charge is 0.338 e. The van der Waals surface area contributed by atoms with Gasteiger partial charge in [0.1, 0.15) is 0 Å². The van der Waals surface area contributed by atoms with Crippen molar-refractivity contribution in [3.8, 4) is 0 Å². The number of aromatic amines is 1. The molecule has 0 saturated heterocycles. The highest BCUT2D eigenvalue weighted by molar-refractivity contribution is 6.10. The fourth-order valence-electron chi connectivity index (χ4n) is 2.61. The number of rotatable bonds is 4. The number of Topliss-reactive ketones (excluding diaryl/α,β-unsaturated/α-hetero) is 1. The van der Waals surface area contributed by atoms with Crippen molar-refractivity contribution in [2.45, 2.75) is 13.8 Å². The van der Waals surface area contributed by atoms with E-state index in [9.17, 15) is 9.59 Å². The van der Waals surface area contributed by atoms with Crippen molar-refractivity contribution >= 4 is 22.7 Å². The molecule has 0 saturated carbocycles. The van der Waals surface area contributed by atoms with Crippen molar-refractivity contribution in [1.29, 1.82) is 0 Å². The van der Waals surface area contributed by atoms with Crippen LogP contribution in [-0.2, 0) is 4.74 Å². The fourth-order valence-corrected chi connectivity index (χ4v) is 2.61. The maximum Gasteiger partial charge on any atom is 0.338 e. The summed E-state index contributed by atoms with van der Waals surface area (Å²) in [6.45, 7) is 3.52. The third kappa shape index (κ3) is 3.01. The number of aryl methyl sites for hydroxylation is 2. The Morgan fingerprint density at radius 3 is 2.43 bits per heavy atom. The zero-order valence-corrected chi connectivity index (χ0v) is 13.1. The van der Waals surface area contributed by atoms with Crippen LogP contribution in [0.1, 0.15) is 32.0 Å². The Kier molecular flexibility index (Phi) is 3.98. The molecule has 4 heteroatoms. The van der Waals surface area contributed by atoms with Gasteiger partial charge in [0, 0.05) is 22.2 Å². The SMILES string of the molecule is Cc1ccc(C(=O)OCC(=O)c2c(C)[nH]c3ccccc23)cc1. The first-order valence-electron chi connectivity index (χ1n) is 7.40. The number of para-hydroxylation sites is 1. The average Bonchev–Trinajstić information content (AvgIpc) is 2.88. The number of fused-ring (bicyclic) bond motifs is 1. The number of H-pyrrole nitrogens is 1. The highest BCUT2D eigenvalue weighted by Crippen LogP contribution is 2.22. The zero-order valence-electron chi connectivity index (χ0n) is 13.1. The van der Waals surface area contributed by atoms with Gasteiger partial charge in [-0.05, 0) is 32.0 Å². The number of nitrogens with one attached hydrogen (secondary N) is 1. The number of carbonyl (C=O) groups is 2. The summed E-state index contributed by atoms with van der Waals surface area (Å²) in [4.78, 5) is 27.6. The summed E-state index contributed by atoms with van der Waals surface area (Å²) in [5.41, 5.74) is 3.77. The number of hydrogen-bond acceptors (Lipinski definition) is 3. The number of aromatic nitrogens is 1. The Balaban J connectivity index is 1.75. The van der Waals surface area contributed by atoms with Crippen molar-refractivity contribution in [3.05, 3.63) is 70.9 Å². The van der Waals surface area contributed by atoms with Crippen molar-refractivity contribution in [3.63, 3.8) is 0 Å². The summed E-state index contributed by atoms with van der Waals surface area (Å²) in [6, 6.07) is 14.6. The number of esters is 1. The maximum atomic E-state index is 12.4. The number of ketones is 1. The predicted octanol–water partition coefficient (Wildman–Crippen LogP) is 3.82. The molecule has 1 aromatic heterocycles. The lowest BCUT2D eigenvalue weighted by Gasteiger charge is -2.05. The van der Waals surface area contributed by atoms with E-state index >= 15 is 0 Å². The first kappa shape index (κ1) is 15.0. The summed E-state index contributed by atoms with van der Waals surface area (Å²) < 4.78 is 5.16. The molecule has 23 heavy (non-hydrogen) atoms. The Morgan fingerprint density at radius 2 is 1.70 bits per heavy atom. The van der Waals surface area contributed by atoms with E-state index < -0.39 is 5.97 Å². The van der Waals surface area contributed by atoms with Gasteiger partial charge in [0.2, 0.25) is 5.78 Å². The third-order valence-electron chi connectivity index (χ3n) is 3.79. The van der Waals surface area contributed by atoms with Crippen LogP contribution in [0.5, 0.6) is 0 Å². The molecule has 0 aliphatic rings. The van der Waals surface area contributed by atoms with Gasteiger partial charge in [0.05, 0.1) is 5.56 Å². The van der Waals surface area contributed by atoms with Gasteiger partial charge in [0.15, 0.2) is 6.61 Å². The Morgan fingerprint density at radius 1 is 1.00 bits per heavy atom. The Hall–Kier alpha value is -2.88. The second-order valence-electron chi connectivity index (χ2n) is 5.54. The molecule has 0 amide bonds. The molecule has 0 fully saturated rings. The van der Waals surface area contributed by atoms with E-state index in [1.807, 2.05) is 50.2 Å². The molecule has 3 rings (SSSR count). The van der Waals surface area contributed by atoms with Crippen LogP contribution >= 0.6 is 0 Å². The first-order chi connectivity index (χ1) is 11.1. The molecule has 0 atom stereocenters. The van der Waals surface area contributed by atoms with Gasteiger partial charge in [-0.3, -0.25) is 4.79 Å². The minimum atomic E-state index is -0.490. The molecular weight excluding hydrogens is 290 g/mol. The second kappa shape index (κ2) is 6.08. The van der Waals surface area contributed by atoms with Crippen LogP contribution in [-0.4, -0.2) is 23.3 Å². The van der Waals surface area contributed by atoms with Crippen LogP contribution in [0, 0.1) is 13.8 Å². The Labute approximate surface area is 134 Å². The quantitative estimate of drug-likeness (QED) is 0.589. The summed E-state index contributed by atoms with van der Waals surface area (Å²) in [5.74, 6) is -0.698. The fraction of sp³-hybridized carbons (Fsp3) is 0.158. The normalized spacial score (nSPS) is 10.7. The van der Waals surface area contributed by atoms with Crippen LogP contribution in [0.4, 0.5) is 0 Å². The van der Waals surface area contributed by atoms with Gasteiger partial charge in [-0.15, -0.1) is 0 Å². The molecule has 1 N–H and O–H groups in total. The van der Waals surface area contributed by atoms with Crippen LogP contribution in [0.2, 0.25) is 0 Å². The monoisotopic (exact) mass is 307 g/mol. The van der Waals surface area contributed by atoms with E-state index in [0.717, 1.165) is 22.2 Å².